The first-order chi connectivity index (χ1) is 14.1. The smallest absolute Gasteiger partial charge is 0.255 e. The Labute approximate surface area is 174 Å². The summed E-state index contributed by atoms with van der Waals surface area (Å²) in [5, 5.41) is 2.93. The summed E-state index contributed by atoms with van der Waals surface area (Å²) >= 11 is 1.49. The number of hydrogen-bond acceptors (Lipinski definition) is 3. The molecule has 1 aliphatic heterocycles. The Balaban J connectivity index is 1.37. The number of nitrogens with zero attached hydrogens (tertiary/aromatic N) is 1. The van der Waals surface area contributed by atoms with Gasteiger partial charge in [-0.15, -0.1) is 11.8 Å². The highest BCUT2D eigenvalue weighted by Gasteiger charge is 2.23. The number of fused-ring (bicyclic) bond motifs is 1. The van der Waals surface area contributed by atoms with Gasteiger partial charge in [0.25, 0.3) is 5.91 Å². The number of para-hydroxylation sites is 1. The number of thioether (sulfide) groups is 1. The number of anilines is 2. The first kappa shape index (κ1) is 19.3. The van der Waals surface area contributed by atoms with E-state index >= 15 is 0 Å². The minimum atomic E-state index is -0.142. The number of rotatable bonds is 5. The highest BCUT2D eigenvalue weighted by atomic mass is 32.2. The molecular formula is C24H22N2O2S. The monoisotopic (exact) mass is 402 g/mol. The van der Waals surface area contributed by atoms with Crippen LogP contribution in [0.25, 0.3) is 0 Å². The molecule has 146 valence electrons. The van der Waals surface area contributed by atoms with E-state index in [4.69, 9.17) is 0 Å². The van der Waals surface area contributed by atoms with E-state index in [0.717, 1.165) is 34.8 Å². The van der Waals surface area contributed by atoms with Gasteiger partial charge in [0.05, 0.1) is 5.75 Å². The minimum absolute atomic E-state index is 0.106. The van der Waals surface area contributed by atoms with Crippen LogP contribution in [0.4, 0.5) is 11.4 Å². The lowest BCUT2D eigenvalue weighted by Crippen LogP contribution is -2.30. The molecule has 0 saturated carbocycles. The molecule has 3 aromatic carbocycles. The molecule has 0 spiro atoms. The van der Waals surface area contributed by atoms with Crippen LogP contribution in [0.1, 0.15) is 21.5 Å². The average molecular weight is 403 g/mol. The van der Waals surface area contributed by atoms with E-state index in [2.05, 4.69) is 11.4 Å². The molecule has 1 heterocycles. The first-order valence-electron chi connectivity index (χ1n) is 9.59. The molecule has 0 aliphatic carbocycles. The van der Waals surface area contributed by atoms with E-state index in [9.17, 15) is 9.59 Å². The Bertz CT molecular complexity index is 1050. The number of hydrogen-bond donors (Lipinski definition) is 1. The summed E-state index contributed by atoms with van der Waals surface area (Å²) in [7, 11) is 0. The number of carbonyl (C=O) groups is 2. The Kier molecular flexibility index (Phi) is 5.67. The van der Waals surface area contributed by atoms with Gasteiger partial charge in [-0.05, 0) is 55.3 Å². The molecular weight excluding hydrogens is 380 g/mol. The van der Waals surface area contributed by atoms with Crippen LogP contribution in [0.15, 0.2) is 77.7 Å². The van der Waals surface area contributed by atoms with Crippen molar-refractivity contribution in [3.05, 3.63) is 89.5 Å². The van der Waals surface area contributed by atoms with Gasteiger partial charge in [-0.3, -0.25) is 9.59 Å². The summed E-state index contributed by atoms with van der Waals surface area (Å²) in [5.74, 6) is 0.329. The van der Waals surface area contributed by atoms with Crippen LogP contribution < -0.4 is 10.2 Å². The number of aryl methyl sites for hydroxylation is 1. The average Bonchev–Trinajstić information content (AvgIpc) is 3.17. The van der Waals surface area contributed by atoms with Gasteiger partial charge in [-0.1, -0.05) is 42.0 Å². The van der Waals surface area contributed by atoms with Gasteiger partial charge in [0.15, 0.2) is 0 Å². The van der Waals surface area contributed by atoms with Crippen molar-refractivity contribution in [2.45, 2.75) is 18.2 Å². The maximum atomic E-state index is 12.7. The second-order valence-corrected chi connectivity index (χ2v) is 8.11. The number of carbonyl (C=O) groups excluding carboxylic acids is 2. The summed E-state index contributed by atoms with van der Waals surface area (Å²) < 4.78 is 0. The maximum absolute atomic E-state index is 12.7. The van der Waals surface area contributed by atoms with E-state index in [1.807, 2.05) is 78.6 Å². The van der Waals surface area contributed by atoms with Gasteiger partial charge in [0, 0.05) is 28.4 Å². The SMILES string of the molecule is Cc1ccc(C(=O)Nc2cccc(SCC(=O)N3CCc4ccccc43)c2)cc1. The van der Waals surface area contributed by atoms with Gasteiger partial charge in [0.2, 0.25) is 5.91 Å². The van der Waals surface area contributed by atoms with Crippen LogP contribution in [0.2, 0.25) is 0 Å². The normalized spacial score (nSPS) is 12.5. The molecule has 4 rings (SSSR count). The van der Waals surface area contributed by atoms with Crippen molar-refractivity contribution in [2.75, 3.05) is 22.5 Å². The molecule has 0 aromatic heterocycles. The Morgan fingerprint density at radius 3 is 2.62 bits per heavy atom. The third kappa shape index (κ3) is 4.51. The van der Waals surface area contributed by atoms with Crippen molar-refractivity contribution in [2.24, 2.45) is 0 Å². The Hall–Kier alpha value is -3.05. The van der Waals surface area contributed by atoms with Crippen molar-refractivity contribution >= 4 is 35.0 Å². The van der Waals surface area contributed by atoms with E-state index < -0.39 is 0 Å². The van der Waals surface area contributed by atoms with Crippen LogP contribution in [-0.4, -0.2) is 24.1 Å². The summed E-state index contributed by atoms with van der Waals surface area (Å²) in [6.07, 6.45) is 0.910. The Morgan fingerprint density at radius 2 is 1.79 bits per heavy atom. The predicted molar refractivity (Wildman–Crippen MR) is 119 cm³/mol. The fourth-order valence-corrected chi connectivity index (χ4v) is 4.22. The van der Waals surface area contributed by atoms with Crippen LogP contribution in [-0.2, 0) is 11.2 Å². The van der Waals surface area contributed by atoms with Crippen molar-refractivity contribution in [1.82, 2.24) is 0 Å². The van der Waals surface area contributed by atoms with E-state index in [-0.39, 0.29) is 11.8 Å². The van der Waals surface area contributed by atoms with Crippen molar-refractivity contribution in [3.8, 4) is 0 Å². The lowest BCUT2D eigenvalue weighted by Gasteiger charge is -2.17. The van der Waals surface area contributed by atoms with Gasteiger partial charge >= 0.3 is 0 Å². The third-order valence-corrected chi connectivity index (χ3v) is 5.93. The molecule has 0 fully saturated rings. The largest absolute Gasteiger partial charge is 0.322 e. The van der Waals surface area contributed by atoms with Crippen LogP contribution in [0.5, 0.6) is 0 Å². The summed E-state index contributed by atoms with van der Waals surface area (Å²) in [5.41, 5.74) is 4.71. The van der Waals surface area contributed by atoms with E-state index in [1.165, 1.54) is 17.3 Å². The van der Waals surface area contributed by atoms with Crippen LogP contribution in [0, 0.1) is 6.92 Å². The maximum Gasteiger partial charge on any atom is 0.255 e. The Morgan fingerprint density at radius 1 is 1.00 bits per heavy atom. The fourth-order valence-electron chi connectivity index (χ4n) is 3.39. The highest BCUT2D eigenvalue weighted by Crippen LogP contribution is 2.29. The molecule has 5 heteroatoms. The molecule has 4 nitrogen and oxygen atoms in total. The highest BCUT2D eigenvalue weighted by molar-refractivity contribution is 8.00. The molecule has 0 atom stereocenters. The lowest BCUT2D eigenvalue weighted by atomic mass is 10.1. The third-order valence-electron chi connectivity index (χ3n) is 4.96. The summed E-state index contributed by atoms with van der Waals surface area (Å²) in [6, 6.07) is 23.1. The zero-order chi connectivity index (χ0) is 20.2. The van der Waals surface area contributed by atoms with Gasteiger partial charge in [-0.25, -0.2) is 0 Å². The zero-order valence-corrected chi connectivity index (χ0v) is 17.0. The summed E-state index contributed by atoms with van der Waals surface area (Å²) in [4.78, 5) is 27.9. The standard InChI is InChI=1S/C24H22N2O2S/c1-17-9-11-19(12-10-17)24(28)25-20-6-4-7-21(15-20)29-16-23(27)26-14-13-18-5-2-3-8-22(18)26/h2-12,15H,13-14,16H2,1H3,(H,25,28). The van der Waals surface area contributed by atoms with Crippen molar-refractivity contribution in [1.29, 1.82) is 0 Å². The zero-order valence-electron chi connectivity index (χ0n) is 16.2. The lowest BCUT2D eigenvalue weighted by molar-refractivity contribution is -0.116. The quantitative estimate of drug-likeness (QED) is 0.616. The molecule has 0 unspecified atom stereocenters. The van der Waals surface area contributed by atoms with Crippen molar-refractivity contribution < 1.29 is 9.59 Å². The van der Waals surface area contributed by atoms with E-state index in [0.29, 0.717) is 11.3 Å². The molecule has 3 aromatic rings. The van der Waals surface area contributed by atoms with Gasteiger partial charge < -0.3 is 10.2 Å². The molecule has 0 radical (unpaired) electrons. The van der Waals surface area contributed by atoms with E-state index in [1.54, 1.807) is 0 Å². The second-order valence-electron chi connectivity index (χ2n) is 7.06. The molecule has 0 bridgehead atoms. The number of benzene rings is 3. The number of amides is 2. The van der Waals surface area contributed by atoms with Crippen molar-refractivity contribution in [3.63, 3.8) is 0 Å². The summed E-state index contributed by atoms with van der Waals surface area (Å²) in [6.45, 7) is 2.73. The number of nitrogens with one attached hydrogen (secondary N) is 1. The first-order valence-corrected chi connectivity index (χ1v) is 10.6. The van der Waals surface area contributed by atoms with Gasteiger partial charge in [0.1, 0.15) is 0 Å². The second kappa shape index (κ2) is 8.53. The minimum Gasteiger partial charge on any atom is -0.322 e. The molecule has 0 saturated heterocycles. The van der Waals surface area contributed by atoms with Gasteiger partial charge in [-0.2, -0.15) is 0 Å². The van der Waals surface area contributed by atoms with Crippen LogP contribution in [0.3, 0.4) is 0 Å². The predicted octanol–water partition coefficient (Wildman–Crippen LogP) is 4.93. The molecule has 1 N–H and O–H groups in total. The topological polar surface area (TPSA) is 49.4 Å². The molecule has 2 amide bonds. The fraction of sp³-hybridized carbons (Fsp3) is 0.167. The molecule has 29 heavy (non-hydrogen) atoms. The molecule has 1 aliphatic rings. The van der Waals surface area contributed by atoms with Crippen LogP contribution >= 0.6 is 11.8 Å².